The Hall–Kier alpha value is -3.24. The van der Waals surface area contributed by atoms with Crippen LogP contribution in [0.2, 0.25) is 0 Å². The molecule has 3 aromatic rings. The largest absolute Gasteiger partial charge is 0.463 e. The second-order valence-corrected chi connectivity index (χ2v) is 9.15. The highest BCUT2D eigenvalue weighted by atomic mass is 32.2. The number of hydrogen-bond acceptors (Lipinski definition) is 6. The van der Waals surface area contributed by atoms with Crippen LogP contribution in [0.25, 0.3) is 11.5 Å². The number of benzene rings is 1. The Morgan fingerprint density at radius 1 is 1.26 bits per heavy atom. The highest BCUT2D eigenvalue weighted by molar-refractivity contribution is 7.89. The molecule has 0 bridgehead atoms. The molecule has 1 N–H and O–H groups in total. The van der Waals surface area contributed by atoms with Crippen LogP contribution in [0, 0.1) is 0 Å². The van der Waals surface area contributed by atoms with Crippen molar-refractivity contribution in [3.05, 3.63) is 64.6 Å². The highest BCUT2D eigenvalue weighted by Gasteiger charge is 2.30. The molecule has 0 saturated heterocycles. The van der Waals surface area contributed by atoms with Gasteiger partial charge in [0.2, 0.25) is 15.9 Å². The summed E-state index contributed by atoms with van der Waals surface area (Å²) in [6, 6.07) is 11.1. The van der Waals surface area contributed by atoms with E-state index in [9.17, 15) is 18.0 Å². The lowest BCUT2D eigenvalue weighted by molar-refractivity contribution is -0.116. The average Bonchev–Trinajstić information content (AvgIpc) is 3.35. The third kappa shape index (κ3) is 4.17. The first kappa shape index (κ1) is 21.0. The molecule has 2 aromatic heterocycles. The average molecular weight is 442 g/mol. The van der Waals surface area contributed by atoms with E-state index in [0.717, 1.165) is 11.3 Å². The summed E-state index contributed by atoms with van der Waals surface area (Å²) < 4.78 is 34.5. The second kappa shape index (κ2) is 8.12. The third-order valence-corrected chi connectivity index (χ3v) is 6.63. The van der Waals surface area contributed by atoms with Crippen molar-refractivity contribution in [1.82, 2.24) is 14.5 Å². The number of carbonyl (C=O) groups is 1. The molecule has 1 aliphatic rings. The molecule has 4 rings (SSSR count). The zero-order valence-electron chi connectivity index (χ0n) is 17.1. The van der Waals surface area contributed by atoms with Crippen LogP contribution in [0.4, 0.5) is 5.69 Å². The molecule has 0 saturated carbocycles. The standard InChI is InChI=1S/C21H22N4O5S/c1-14-12-16-13-17(5-7-19(16)25(14)15(2)26)31(28,29)22-9-10-24-21(27)8-6-18(23-24)20-4-3-11-30-20/h3-8,11,13-14,22H,9-10,12H2,1-2H3. The van der Waals surface area contributed by atoms with Gasteiger partial charge < -0.3 is 9.32 Å². The molecule has 1 unspecified atom stereocenters. The van der Waals surface area contributed by atoms with Crippen molar-refractivity contribution in [1.29, 1.82) is 0 Å². The molecule has 9 nitrogen and oxygen atoms in total. The smallest absolute Gasteiger partial charge is 0.266 e. The zero-order valence-corrected chi connectivity index (χ0v) is 17.9. The molecule has 0 fully saturated rings. The van der Waals surface area contributed by atoms with E-state index < -0.39 is 10.0 Å². The molecule has 162 valence electrons. The topological polar surface area (TPSA) is 115 Å². The Kier molecular flexibility index (Phi) is 5.50. The number of carbonyl (C=O) groups excluding carboxylic acids is 1. The molecule has 1 amide bonds. The molecular weight excluding hydrogens is 420 g/mol. The SMILES string of the molecule is CC(=O)N1c2ccc(S(=O)(=O)NCCn3nc(-c4ccco4)ccc3=O)cc2CC1C. The summed E-state index contributed by atoms with van der Waals surface area (Å²) in [6.45, 7) is 3.47. The Morgan fingerprint density at radius 3 is 2.77 bits per heavy atom. The molecule has 0 radical (unpaired) electrons. The Labute approximate surface area is 179 Å². The Morgan fingerprint density at radius 2 is 2.06 bits per heavy atom. The summed E-state index contributed by atoms with van der Waals surface area (Å²) in [5.41, 5.74) is 1.69. The lowest BCUT2D eigenvalue weighted by Crippen LogP contribution is -2.33. The van der Waals surface area contributed by atoms with E-state index in [2.05, 4.69) is 9.82 Å². The van der Waals surface area contributed by atoms with E-state index in [1.165, 1.54) is 30.0 Å². The fourth-order valence-electron chi connectivity index (χ4n) is 3.79. The summed E-state index contributed by atoms with van der Waals surface area (Å²) in [4.78, 5) is 25.7. The quantitative estimate of drug-likeness (QED) is 0.622. The number of nitrogens with zero attached hydrogens (tertiary/aromatic N) is 3. The van der Waals surface area contributed by atoms with Crippen molar-refractivity contribution in [2.75, 3.05) is 11.4 Å². The van der Waals surface area contributed by atoms with Crippen LogP contribution in [-0.2, 0) is 27.8 Å². The molecule has 1 aromatic carbocycles. The molecule has 31 heavy (non-hydrogen) atoms. The van der Waals surface area contributed by atoms with Gasteiger partial charge in [-0.2, -0.15) is 5.10 Å². The van der Waals surface area contributed by atoms with Gasteiger partial charge in [-0.05, 0) is 55.3 Å². The number of amides is 1. The fraction of sp³-hybridized carbons (Fsp3) is 0.286. The van der Waals surface area contributed by atoms with E-state index in [1.807, 2.05) is 6.92 Å². The number of nitrogens with one attached hydrogen (secondary N) is 1. The summed E-state index contributed by atoms with van der Waals surface area (Å²) in [7, 11) is -3.79. The van der Waals surface area contributed by atoms with E-state index in [1.54, 1.807) is 35.2 Å². The minimum Gasteiger partial charge on any atom is -0.463 e. The first-order chi connectivity index (χ1) is 14.8. The number of sulfonamides is 1. The predicted molar refractivity (Wildman–Crippen MR) is 114 cm³/mol. The number of fused-ring (bicyclic) bond motifs is 1. The van der Waals surface area contributed by atoms with E-state index >= 15 is 0 Å². The first-order valence-electron chi connectivity index (χ1n) is 9.81. The van der Waals surface area contributed by atoms with Crippen LogP contribution >= 0.6 is 0 Å². The summed E-state index contributed by atoms with van der Waals surface area (Å²) in [6.07, 6.45) is 2.10. The molecule has 10 heteroatoms. The van der Waals surface area contributed by atoms with Crippen molar-refractivity contribution in [3.8, 4) is 11.5 Å². The van der Waals surface area contributed by atoms with Crippen LogP contribution < -0.4 is 15.2 Å². The van der Waals surface area contributed by atoms with Crippen molar-refractivity contribution >= 4 is 21.6 Å². The summed E-state index contributed by atoms with van der Waals surface area (Å²) in [5, 5.41) is 4.23. The van der Waals surface area contributed by atoms with Gasteiger partial charge >= 0.3 is 0 Å². The Balaban J connectivity index is 1.47. The molecule has 0 spiro atoms. The van der Waals surface area contributed by atoms with Crippen LogP contribution in [0.1, 0.15) is 19.4 Å². The maximum absolute atomic E-state index is 12.7. The van der Waals surface area contributed by atoms with Crippen molar-refractivity contribution < 1.29 is 17.6 Å². The van der Waals surface area contributed by atoms with Gasteiger partial charge in [0.15, 0.2) is 5.76 Å². The fourth-order valence-corrected chi connectivity index (χ4v) is 4.86. The molecular formula is C21H22N4O5S. The molecule has 0 aliphatic carbocycles. The van der Waals surface area contributed by atoms with Crippen molar-refractivity contribution in [2.45, 2.75) is 37.8 Å². The number of anilines is 1. The first-order valence-corrected chi connectivity index (χ1v) is 11.3. The monoisotopic (exact) mass is 442 g/mol. The van der Waals surface area contributed by atoms with Gasteiger partial charge in [0.25, 0.3) is 5.56 Å². The van der Waals surface area contributed by atoms with E-state index in [-0.39, 0.29) is 35.5 Å². The number of furan rings is 1. The van der Waals surface area contributed by atoms with Gasteiger partial charge in [-0.1, -0.05) is 0 Å². The minimum atomic E-state index is -3.79. The zero-order chi connectivity index (χ0) is 22.2. The van der Waals surface area contributed by atoms with Crippen LogP contribution in [0.5, 0.6) is 0 Å². The Bertz CT molecular complexity index is 1280. The van der Waals surface area contributed by atoms with Crippen LogP contribution in [0.15, 0.2) is 62.8 Å². The predicted octanol–water partition coefficient (Wildman–Crippen LogP) is 1.78. The van der Waals surface area contributed by atoms with Crippen LogP contribution in [0.3, 0.4) is 0 Å². The lowest BCUT2D eigenvalue weighted by atomic mass is 10.1. The van der Waals surface area contributed by atoms with Gasteiger partial charge in [-0.25, -0.2) is 17.8 Å². The lowest BCUT2D eigenvalue weighted by Gasteiger charge is -2.20. The van der Waals surface area contributed by atoms with Gasteiger partial charge in [0, 0.05) is 31.3 Å². The van der Waals surface area contributed by atoms with E-state index in [4.69, 9.17) is 4.42 Å². The highest BCUT2D eigenvalue weighted by Crippen LogP contribution is 2.33. The molecule has 1 atom stereocenters. The van der Waals surface area contributed by atoms with Gasteiger partial charge in [-0.15, -0.1) is 0 Å². The summed E-state index contributed by atoms with van der Waals surface area (Å²) in [5.74, 6) is 0.441. The maximum Gasteiger partial charge on any atom is 0.266 e. The maximum atomic E-state index is 12.7. The van der Waals surface area contributed by atoms with Crippen LogP contribution in [-0.4, -0.2) is 36.7 Å². The van der Waals surface area contributed by atoms with Gasteiger partial charge in [-0.3, -0.25) is 9.59 Å². The summed E-state index contributed by atoms with van der Waals surface area (Å²) >= 11 is 0. The second-order valence-electron chi connectivity index (χ2n) is 7.39. The van der Waals surface area contributed by atoms with Crippen molar-refractivity contribution in [3.63, 3.8) is 0 Å². The van der Waals surface area contributed by atoms with Gasteiger partial charge in [0.1, 0.15) is 5.69 Å². The molecule has 1 aliphatic heterocycles. The normalized spacial score (nSPS) is 15.8. The molecule has 3 heterocycles. The number of hydrogen-bond donors (Lipinski definition) is 1. The number of aromatic nitrogens is 2. The van der Waals surface area contributed by atoms with Crippen molar-refractivity contribution in [2.24, 2.45) is 0 Å². The van der Waals surface area contributed by atoms with E-state index in [0.29, 0.717) is 17.9 Å². The minimum absolute atomic E-state index is 0.0100. The third-order valence-electron chi connectivity index (χ3n) is 5.17. The van der Waals surface area contributed by atoms with Gasteiger partial charge in [0.05, 0.1) is 17.7 Å². The number of rotatable bonds is 6.